The van der Waals surface area contributed by atoms with Crippen molar-refractivity contribution in [1.29, 1.82) is 0 Å². The number of amides is 1. The van der Waals surface area contributed by atoms with Crippen LogP contribution in [0.4, 0.5) is 4.39 Å². The van der Waals surface area contributed by atoms with Gasteiger partial charge in [0.05, 0.1) is 6.20 Å². The molecule has 3 N–H and O–H groups in total. The number of halogens is 2. The molecule has 1 heterocycles. The van der Waals surface area contributed by atoms with E-state index < -0.39 is 42.6 Å². The molecule has 0 aliphatic heterocycles. The first-order valence-corrected chi connectivity index (χ1v) is 10.9. The Balaban J connectivity index is 1.73. The second-order valence-corrected chi connectivity index (χ2v) is 8.12. The molecule has 11 nitrogen and oxygen atoms in total. The molecule has 36 heavy (non-hydrogen) atoms. The highest BCUT2D eigenvalue weighted by Crippen LogP contribution is 2.26. The van der Waals surface area contributed by atoms with Gasteiger partial charge < -0.3 is 25.1 Å². The molecule has 0 bridgehead atoms. The van der Waals surface area contributed by atoms with Crippen LogP contribution in [0.3, 0.4) is 0 Å². The van der Waals surface area contributed by atoms with E-state index in [2.05, 4.69) is 20.4 Å². The molecule has 3 aromatic rings. The molecule has 0 fully saturated rings. The number of aliphatic hydroxyl groups is 1. The Morgan fingerprint density at radius 1 is 1.17 bits per heavy atom. The number of ether oxygens (including phenoxy) is 2. The molecule has 1 aromatic heterocycles. The van der Waals surface area contributed by atoms with E-state index in [9.17, 15) is 29.1 Å². The first kappa shape index (κ1) is 26.6. The third-order valence-electron chi connectivity index (χ3n) is 4.97. The van der Waals surface area contributed by atoms with Crippen molar-refractivity contribution in [1.82, 2.24) is 20.5 Å². The number of carbonyl (C=O) groups excluding carboxylic acids is 3. The van der Waals surface area contributed by atoms with Crippen molar-refractivity contribution in [3.63, 3.8) is 0 Å². The fraction of sp³-hybridized carbons (Fsp3) is 0.261. The first-order chi connectivity index (χ1) is 17.1. The highest BCUT2D eigenvalue weighted by Gasteiger charge is 2.25. The normalized spacial score (nSPS) is 12.4. The van der Waals surface area contributed by atoms with E-state index in [-0.39, 0.29) is 18.5 Å². The number of hydrogen-bond donors (Lipinski definition) is 3. The zero-order chi connectivity index (χ0) is 26.2. The molecule has 0 saturated carbocycles. The van der Waals surface area contributed by atoms with Crippen molar-refractivity contribution < 1.29 is 38.6 Å². The minimum Gasteiger partial charge on any atom is -0.428 e. The number of aromatic nitrogens is 3. The van der Waals surface area contributed by atoms with Crippen molar-refractivity contribution in [2.45, 2.75) is 31.9 Å². The lowest BCUT2D eigenvalue weighted by molar-refractivity contribution is -0.172. The zero-order valence-electron chi connectivity index (χ0n) is 18.9. The maximum absolute atomic E-state index is 14.2. The fourth-order valence-corrected chi connectivity index (χ4v) is 3.44. The van der Waals surface area contributed by atoms with Crippen LogP contribution in [0, 0.1) is 5.82 Å². The number of rotatable bonds is 10. The standard InChI is InChI=1S/C23H22ClFN4O7/c1-13(30)35-12-36-23(33)21(31)10-17(26-22(32)20-11-29(34)28-27-20)8-14-2-4-15(5-3-14)18-9-16(24)6-7-19(18)25/h2-7,9,11,17,21,31,34H,8,10,12H2,1H3,(H,26,32)/t17-,21-/m1/s1. The topological polar surface area (TPSA) is 153 Å². The zero-order valence-corrected chi connectivity index (χ0v) is 19.7. The summed E-state index contributed by atoms with van der Waals surface area (Å²) in [5.74, 6) is -2.87. The molecule has 0 aliphatic rings. The summed E-state index contributed by atoms with van der Waals surface area (Å²) in [5, 5.41) is 29.3. The number of aliphatic hydroxyl groups excluding tert-OH is 1. The third kappa shape index (κ3) is 7.48. The second-order valence-electron chi connectivity index (χ2n) is 7.69. The highest BCUT2D eigenvalue weighted by atomic mass is 35.5. The maximum Gasteiger partial charge on any atom is 0.337 e. The van der Waals surface area contributed by atoms with Crippen molar-refractivity contribution >= 4 is 29.4 Å². The molecule has 2 atom stereocenters. The van der Waals surface area contributed by atoms with Crippen molar-refractivity contribution in [2.24, 2.45) is 0 Å². The quantitative estimate of drug-likeness (QED) is 0.207. The van der Waals surface area contributed by atoms with Crippen LogP contribution in [0.15, 0.2) is 48.7 Å². The average Bonchev–Trinajstić information content (AvgIpc) is 3.27. The summed E-state index contributed by atoms with van der Waals surface area (Å²) in [7, 11) is 0. The van der Waals surface area contributed by atoms with Gasteiger partial charge in [-0.25, -0.2) is 9.18 Å². The van der Waals surface area contributed by atoms with Crippen molar-refractivity contribution in [2.75, 3.05) is 6.79 Å². The Labute approximate surface area is 209 Å². The fourth-order valence-electron chi connectivity index (χ4n) is 3.27. The van der Waals surface area contributed by atoms with E-state index >= 15 is 0 Å². The van der Waals surface area contributed by atoms with Crippen LogP contribution in [-0.4, -0.2) is 62.3 Å². The Morgan fingerprint density at radius 3 is 2.53 bits per heavy atom. The Bertz CT molecular complexity index is 1240. The predicted molar refractivity (Wildman–Crippen MR) is 122 cm³/mol. The van der Waals surface area contributed by atoms with Crippen LogP contribution in [0.5, 0.6) is 0 Å². The van der Waals surface area contributed by atoms with E-state index in [0.29, 0.717) is 26.6 Å². The van der Waals surface area contributed by atoms with Crippen molar-refractivity contribution in [3.05, 3.63) is 70.8 Å². The first-order valence-electron chi connectivity index (χ1n) is 10.6. The summed E-state index contributed by atoms with van der Waals surface area (Å²) in [4.78, 5) is 35.7. The van der Waals surface area contributed by atoms with Gasteiger partial charge in [-0.3, -0.25) is 9.59 Å². The lowest BCUT2D eigenvalue weighted by atomic mass is 9.97. The SMILES string of the molecule is CC(=O)OCOC(=O)[C@H](O)C[C@@H](Cc1ccc(-c2cc(Cl)ccc2F)cc1)NC(=O)c1cn(O)nn1. The molecule has 0 radical (unpaired) electrons. The lowest BCUT2D eigenvalue weighted by Gasteiger charge is -2.21. The molecule has 190 valence electrons. The van der Waals surface area contributed by atoms with Gasteiger partial charge in [0.2, 0.25) is 6.79 Å². The average molecular weight is 521 g/mol. The largest absolute Gasteiger partial charge is 0.428 e. The van der Waals surface area contributed by atoms with Gasteiger partial charge in [0.15, 0.2) is 11.8 Å². The molecular formula is C23H22ClFN4O7. The van der Waals surface area contributed by atoms with E-state index in [4.69, 9.17) is 16.3 Å². The van der Waals surface area contributed by atoms with Gasteiger partial charge in [0.25, 0.3) is 5.91 Å². The lowest BCUT2D eigenvalue weighted by Crippen LogP contribution is -2.41. The Morgan fingerprint density at radius 2 is 1.89 bits per heavy atom. The van der Waals surface area contributed by atoms with E-state index in [1.165, 1.54) is 18.2 Å². The Hall–Kier alpha value is -4.03. The number of nitrogens with one attached hydrogen (secondary N) is 1. The van der Waals surface area contributed by atoms with Crippen LogP contribution in [0.2, 0.25) is 5.02 Å². The van der Waals surface area contributed by atoms with Crippen LogP contribution < -0.4 is 5.32 Å². The molecule has 0 spiro atoms. The van der Waals surface area contributed by atoms with Crippen LogP contribution in [-0.2, 0) is 25.5 Å². The van der Waals surface area contributed by atoms with Gasteiger partial charge in [-0.2, -0.15) is 0 Å². The molecule has 2 aromatic carbocycles. The summed E-state index contributed by atoms with van der Waals surface area (Å²) < 4.78 is 23.4. The third-order valence-corrected chi connectivity index (χ3v) is 5.20. The monoisotopic (exact) mass is 520 g/mol. The van der Waals surface area contributed by atoms with Gasteiger partial charge in [0, 0.05) is 30.0 Å². The minimum absolute atomic E-state index is 0.158. The minimum atomic E-state index is -1.65. The summed E-state index contributed by atoms with van der Waals surface area (Å²) in [5.41, 5.74) is 1.39. The molecule has 1 amide bonds. The van der Waals surface area contributed by atoms with Crippen LogP contribution in [0.25, 0.3) is 11.1 Å². The van der Waals surface area contributed by atoms with E-state index in [1.807, 2.05) is 0 Å². The number of hydrogen-bond acceptors (Lipinski definition) is 9. The summed E-state index contributed by atoms with van der Waals surface area (Å²) >= 11 is 5.97. The number of benzene rings is 2. The number of nitrogens with zero attached hydrogens (tertiary/aromatic N) is 3. The number of carbonyl (C=O) groups is 3. The summed E-state index contributed by atoms with van der Waals surface area (Å²) in [6.07, 6.45) is -0.780. The smallest absolute Gasteiger partial charge is 0.337 e. The highest BCUT2D eigenvalue weighted by molar-refractivity contribution is 6.30. The van der Waals surface area contributed by atoms with Gasteiger partial charge in [-0.1, -0.05) is 40.7 Å². The van der Waals surface area contributed by atoms with Crippen LogP contribution >= 0.6 is 11.6 Å². The van der Waals surface area contributed by atoms with E-state index in [1.54, 1.807) is 24.3 Å². The molecule has 3 rings (SSSR count). The number of esters is 2. The molecule has 0 unspecified atom stereocenters. The van der Waals surface area contributed by atoms with Gasteiger partial charge in [0.1, 0.15) is 5.82 Å². The molecular weight excluding hydrogens is 499 g/mol. The maximum atomic E-state index is 14.2. The molecule has 0 aliphatic carbocycles. The van der Waals surface area contributed by atoms with Gasteiger partial charge in [-0.15, -0.1) is 5.10 Å². The van der Waals surface area contributed by atoms with Crippen LogP contribution in [0.1, 0.15) is 29.4 Å². The van der Waals surface area contributed by atoms with Gasteiger partial charge in [-0.05, 0) is 41.0 Å². The second kappa shape index (κ2) is 12.1. The predicted octanol–water partition coefficient (Wildman–Crippen LogP) is 2.13. The summed E-state index contributed by atoms with van der Waals surface area (Å²) in [6, 6.07) is 10.2. The van der Waals surface area contributed by atoms with Gasteiger partial charge >= 0.3 is 11.9 Å². The van der Waals surface area contributed by atoms with Crippen molar-refractivity contribution in [3.8, 4) is 11.1 Å². The van der Waals surface area contributed by atoms with E-state index in [0.717, 1.165) is 13.1 Å². The Kier molecular flexibility index (Phi) is 8.92. The molecule has 13 heteroatoms. The molecule has 0 saturated heterocycles. The summed E-state index contributed by atoms with van der Waals surface area (Å²) in [6.45, 7) is 0.466.